The summed E-state index contributed by atoms with van der Waals surface area (Å²) < 4.78 is 13.9. The van der Waals surface area contributed by atoms with E-state index in [0.29, 0.717) is 31.6 Å². The van der Waals surface area contributed by atoms with E-state index in [1.165, 1.54) is 6.07 Å². The number of benzene rings is 1. The van der Waals surface area contributed by atoms with E-state index in [1.807, 2.05) is 39.0 Å². The first-order valence-corrected chi connectivity index (χ1v) is 9.10. The lowest BCUT2D eigenvalue weighted by molar-refractivity contribution is -0.132. The highest BCUT2D eigenvalue weighted by Gasteiger charge is 2.23. The van der Waals surface area contributed by atoms with Crippen molar-refractivity contribution in [3.63, 3.8) is 0 Å². The predicted octanol–water partition coefficient (Wildman–Crippen LogP) is 2.18. The molecule has 0 saturated carbocycles. The maximum Gasteiger partial charge on any atom is 0.222 e. The Bertz CT molecular complexity index is 653. The van der Waals surface area contributed by atoms with Crippen LogP contribution in [-0.4, -0.2) is 61.9 Å². The molecular weight excluding hydrogens is 460 g/mol. The highest BCUT2D eigenvalue weighted by atomic mass is 127. The van der Waals surface area contributed by atoms with Gasteiger partial charge in [-0.3, -0.25) is 4.79 Å². The fourth-order valence-corrected chi connectivity index (χ4v) is 3.00. The zero-order valence-corrected chi connectivity index (χ0v) is 18.9. The molecule has 1 unspecified atom stereocenters. The third-order valence-corrected chi connectivity index (χ3v) is 4.33. The first-order chi connectivity index (χ1) is 12.4. The standard InChI is InChI=1S/C19H30FN5O.HI/c1-5-21-19(23-16-7-9-18(26)25(4)13-16)22-11-14-6-8-17(20)15(10-14)12-24(2)3;/h6,8,10,16H,5,7,9,11-13H2,1-4H3,(H2,21,22,23);1H. The summed E-state index contributed by atoms with van der Waals surface area (Å²) in [5.41, 5.74) is 1.64. The molecule has 152 valence electrons. The summed E-state index contributed by atoms with van der Waals surface area (Å²) in [6, 6.07) is 5.34. The lowest BCUT2D eigenvalue weighted by atomic mass is 10.1. The Balaban J connectivity index is 0.00000364. The number of likely N-dealkylation sites (N-methyl/N-ethyl adjacent to an activating group) is 1. The SMILES string of the molecule is CCNC(=NCc1ccc(F)c(CN(C)C)c1)NC1CCC(=O)N(C)C1.I. The van der Waals surface area contributed by atoms with Crippen LogP contribution < -0.4 is 10.6 Å². The number of amides is 1. The number of guanidine groups is 1. The molecule has 1 aromatic rings. The normalized spacial score (nSPS) is 17.7. The summed E-state index contributed by atoms with van der Waals surface area (Å²) >= 11 is 0. The van der Waals surface area contributed by atoms with E-state index < -0.39 is 0 Å². The van der Waals surface area contributed by atoms with Crippen molar-refractivity contribution >= 4 is 35.8 Å². The van der Waals surface area contributed by atoms with Crippen LogP contribution in [0.4, 0.5) is 4.39 Å². The van der Waals surface area contributed by atoms with Gasteiger partial charge in [0.15, 0.2) is 5.96 Å². The number of carbonyl (C=O) groups excluding carboxylic acids is 1. The Morgan fingerprint density at radius 3 is 2.78 bits per heavy atom. The molecule has 1 saturated heterocycles. The summed E-state index contributed by atoms with van der Waals surface area (Å²) in [7, 11) is 5.66. The zero-order chi connectivity index (χ0) is 19.1. The molecule has 0 bridgehead atoms. The van der Waals surface area contributed by atoms with Crippen LogP contribution in [0.3, 0.4) is 0 Å². The molecule has 2 N–H and O–H groups in total. The summed E-state index contributed by atoms with van der Waals surface area (Å²) in [4.78, 5) is 19.9. The fourth-order valence-electron chi connectivity index (χ4n) is 3.00. The zero-order valence-electron chi connectivity index (χ0n) is 16.6. The molecule has 1 aliphatic heterocycles. The number of likely N-dealkylation sites (tertiary alicyclic amines) is 1. The number of piperidine rings is 1. The average Bonchev–Trinajstić information content (AvgIpc) is 2.58. The smallest absolute Gasteiger partial charge is 0.222 e. The van der Waals surface area contributed by atoms with Gasteiger partial charge >= 0.3 is 0 Å². The maximum absolute atomic E-state index is 13.9. The van der Waals surface area contributed by atoms with E-state index in [-0.39, 0.29) is 41.7 Å². The number of aliphatic imine (C=N–C) groups is 1. The maximum atomic E-state index is 13.9. The molecule has 2 rings (SSSR count). The molecule has 0 radical (unpaired) electrons. The van der Waals surface area contributed by atoms with E-state index in [4.69, 9.17) is 0 Å². The van der Waals surface area contributed by atoms with Crippen LogP contribution in [0.5, 0.6) is 0 Å². The largest absolute Gasteiger partial charge is 0.357 e. The highest BCUT2D eigenvalue weighted by Crippen LogP contribution is 2.13. The van der Waals surface area contributed by atoms with Crippen molar-refractivity contribution < 1.29 is 9.18 Å². The highest BCUT2D eigenvalue weighted by molar-refractivity contribution is 14.0. The van der Waals surface area contributed by atoms with E-state index in [1.54, 1.807) is 11.0 Å². The van der Waals surface area contributed by atoms with Gasteiger partial charge < -0.3 is 20.4 Å². The lowest BCUT2D eigenvalue weighted by Gasteiger charge is -2.31. The van der Waals surface area contributed by atoms with Crippen molar-refractivity contribution in [3.05, 3.63) is 35.1 Å². The van der Waals surface area contributed by atoms with Gasteiger partial charge in [-0.2, -0.15) is 0 Å². The monoisotopic (exact) mass is 491 g/mol. The van der Waals surface area contributed by atoms with Crippen LogP contribution >= 0.6 is 24.0 Å². The molecule has 0 aliphatic carbocycles. The second-order valence-electron chi connectivity index (χ2n) is 7.01. The molecule has 1 heterocycles. The number of hydrogen-bond donors (Lipinski definition) is 2. The summed E-state index contributed by atoms with van der Waals surface area (Å²) in [5.74, 6) is 0.717. The number of rotatable bonds is 6. The van der Waals surface area contributed by atoms with Gasteiger partial charge in [0.2, 0.25) is 5.91 Å². The molecular formula is C19H31FIN5O. The lowest BCUT2D eigenvalue weighted by Crippen LogP contribution is -2.51. The molecule has 8 heteroatoms. The molecule has 1 atom stereocenters. The van der Waals surface area contributed by atoms with Crippen molar-refractivity contribution in [3.8, 4) is 0 Å². The Labute approximate surface area is 178 Å². The van der Waals surface area contributed by atoms with E-state index in [0.717, 1.165) is 24.5 Å². The van der Waals surface area contributed by atoms with Gasteiger partial charge in [0.1, 0.15) is 5.82 Å². The second-order valence-corrected chi connectivity index (χ2v) is 7.01. The minimum absolute atomic E-state index is 0. The number of hydrogen-bond acceptors (Lipinski definition) is 3. The third-order valence-electron chi connectivity index (χ3n) is 4.33. The topological polar surface area (TPSA) is 60.0 Å². The molecule has 1 amide bonds. The molecule has 6 nitrogen and oxygen atoms in total. The van der Waals surface area contributed by atoms with E-state index in [2.05, 4.69) is 15.6 Å². The van der Waals surface area contributed by atoms with Gasteiger partial charge in [-0.05, 0) is 45.1 Å². The molecule has 0 spiro atoms. The van der Waals surface area contributed by atoms with Gasteiger partial charge in [-0.15, -0.1) is 24.0 Å². The fraction of sp³-hybridized carbons (Fsp3) is 0.579. The number of halogens is 2. The first-order valence-electron chi connectivity index (χ1n) is 9.10. The summed E-state index contributed by atoms with van der Waals surface area (Å²) in [6.07, 6.45) is 1.36. The van der Waals surface area contributed by atoms with Crippen molar-refractivity contribution in [1.29, 1.82) is 0 Å². The second kappa shape index (κ2) is 11.4. The van der Waals surface area contributed by atoms with Crippen LogP contribution in [0.25, 0.3) is 0 Å². The number of carbonyl (C=O) groups is 1. The Morgan fingerprint density at radius 1 is 1.41 bits per heavy atom. The van der Waals surface area contributed by atoms with Crippen LogP contribution in [0.2, 0.25) is 0 Å². The minimum Gasteiger partial charge on any atom is -0.357 e. The molecule has 1 aromatic carbocycles. The summed E-state index contributed by atoms with van der Waals surface area (Å²) in [6.45, 7) is 4.47. The van der Waals surface area contributed by atoms with E-state index >= 15 is 0 Å². The number of nitrogens with zero attached hydrogens (tertiary/aromatic N) is 3. The quantitative estimate of drug-likeness (QED) is 0.364. The summed E-state index contributed by atoms with van der Waals surface area (Å²) in [5, 5.41) is 6.64. The Morgan fingerprint density at radius 2 is 2.15 bits per heavy atom. The van der Waals surface area contributed by atoms with Crippen LogP contribution in [-0.2, 0) is 17.9 Å². The average molecular weight is 491 g/mol. The number of nitrogens with one attached hydrogen (secondary N) is 2. The van der Waals surface area contributed by atoms with Crippen molar-refractivity contribution in [2.75, 3.05) is 34.2 Å². The van der Waals surface area contributed by atoms with Crippen LogP contribution in [0, 0.1) is 5.82 Å². The van der Waals surface area contributed by atoms with Crippen LogP contribution in [0.1, 0.15) is 30.9 Å². The van der Waals surface area contributed by atoms with E-state index in [9.17, 15) is 9.18 Å². The first kappa shape index (κ1) is 23.6. The molecule has 1 fully saturated rings. The van der Waals surface area contributed by atoms with Gasteiger partial charge in [-0.1, -0.05) is 6.07 Å². The Hall–Kier alpha value is -1.42. The van der Waals surface area contributed by atoms with Gasteiger partial charge in [-0.25, -0.2) is 9.38 Å². The van der Waals surface area contributed by atoms with Gasteiger partial charge in [0.05, 0.1) is 6.54 Å². The molecule has 1 aliphatic rings. The van der Waals surface area contributed by atoms with Crippen molar-refractivity contribution in [1.82, 2.24) is 20.4 Å². The van der Waals surface area contributed by atoms with Crippen LogP contribution in [0.15, 0.2) is 23.2 Å². The van der Waals surface area contributed by atoms with Gasteiger partial charge in [0, 0.05) is 44.7 Å². The van der Waals surface area contributed by atoms with Crippen molar-refractivity contribution in [2.45, 2.75) is 38.9 Å². The molecule has 0 aromatic heterocycles. The van der Waals surface area contributed by atoms with Gasteiger partial charge in [0.25, 0.3) is 0 Å². The molecule has 27 heavy (non-hydrogen) atoms. The van der Waals surface area contributed by atoms with Crippen molar-refractivity contribution in [2.24, 2.45) is 4.99 Å². The Kier molecular flexibility index (Phi) is 10.00. The third kappa shape index (κ3) is 7.61. The predicted molar refractivity (Wildman–Crippen MR) is 118 cm³/mol. The minimum atomic E-state index is -0.189.